The Bertz CT molecular complexity index is 498. The van der Waals surface area contributed by atoms with Gasteiger partial charge in [-0.25, -0.2) is 0 Å². The van der Waals surface area contributed by atoms with Crippen LogP contribution in [0.1, 0.15) is 35.5 Å². The second-order valence-corrected chi connectivity index (χ2v) is 5.99. The molecule has 0 saturated carbocycles. The van der Waals surface area contributed by atoms with Gasteiger partial charge in [0, 0.05) is 13.2 Å². The van der Waals surface area contributed by atoms with E-state index in [2.05, 4.69) is 5.32 Å². The molecular weight excluding hydrogens is 290 g/mol. The zero-order chi connectivity index (χ0) is 15.2. The molecule has 5 nitrogen and oxygen atoms in total. The van der Waals surface area contributed by atoms with Gasteiger partial charge in [-0.15, -0.1) is 11.3 Å². The molecule has 21 heavy (non-hydrogen) atoms. The largest absolute Gasteiger partial charge is 0.379 e. The third kappa shape index (κ3) is 4.62. The number of ketones is 1. The molecule has 1 fully saturated rings. The van der Waals surface area contributed by atoms with Crippen LogP contribution in [0.3, 0.4) is 0 Å². The van der Waals surface area contributed by atoms with Crippen LogP contribution in [0.5, 0.6) is 0 Å². The van der Waals surface area contributed by atoms with Crippen LogP contribution in [0.2, 0.25) is 0 Å². The summed E-state index contributed by atoms with van der Waals surface area (Å²) in [6.45, 7) is 5.23. The van der Waals surface area contributed by atoms with Crippen LogP contribution >= 0.6 is 11.3 Å². The number of rotatable bonds is 6. The Morgan fingerprint density at radius 2 is 2.33 bits per heavy atom. The predicted molar refractivity (Wildman–Crippen MR) is 80.8 cm³/mol. The van der Waals surface area contributed by atoms with Crippen LogP contribution in [0.15, 0.2) is 11.4 Å². The summed E-state index contributed by atoms with van der Waals surface area (Å²) in [7, 11) is 0. The lowest BCUT2D eigenvalue weighted by atomic mass is 10.1. The van der Waals surface area contributed by atoms with E-state index < -0.39 is 0 Å². The lowest BCUT2D eigenvalue weighted by Gasteiger charge is -2.31. The lowest BCUT2D eigenvalue weighted by molar-refractivity contribution is -0.125. The number of hydrogen-bond acceptors (Lipinski definition) is 5. The molecule has 0 unspecified atom stereocenters. The smallest absolute Gasteiger partial charge is 0.224 e. The van der Waals surface area contributed by atoms with Gasteiger partial charge in [0.2, 0.25) is 5.91 Å². The SMILES string of the molecule is CCO[C@@H]1COCC[C@H]1NC(=O)Cc1csc(C(C)=O)c1. The fraction of sp³-hybridized carbons (Fsp3) is 0.600. The molecule has 1 saturated heterocycles. The zero-order valence-electron chi connectivity index (χ0n) is 12.4. The molecule has 2 atom stereocenters. The van der Waals surface area contributed by atoms with Gasteiger partial charge in [-0.2, -0.15) is 0 Å². The third-order valence-corrected chi connectivity index (χ3v) is 4.48. The summed E-state index contributed by atoms with van der Waals surface area (Å²) in [5.41, 5.74) is 0.878. The number of thiophene rings is 1. The topological polar surface area (TPSA) is 64.6 Å². The molecule has 0 aliphatic carbocycles. The van der Waals surface area contributed by atoms with Crippen LogP contribution in [0, 0.1) is 0 Å². The molecule has 1 aromatic heterocycles. The first-order chi connectivity index (χ1) is 10.1. The van der Waals surface area contributed by atoms with Gasteiger partial charge in [-0.3, -0.25) is 9.59 Å². The van der Waals surface area contributed by atoms with Crippen molar-refractivity contribution < 1.29 is 19.1 Å². The summed E-state index contributed by atoms with van der Waals surface area (Å²) in [6.07, 6.45) is 0.974. The highest BCUT2D eigenvalue weighted by molar-refractivity contribution is 7.12. The predicted octanol–water partition coefficient (Wildman–Crippen LogP) is 1.80. The first-order valence-corrected chi connectivity index (χ1v) is 8.05. The van der Waals surface area contributed by atoms with Crippen molar-refractivity contribution in [2.45, 2.75) is 38.8 Å². The average molecular weight is 311 g/mol. The highest BCUT2D eigenvalue weighted by Gasteiger charge is 2.27. The summed E-state index contributed by atoms with van der Waals surface area (Å²) in [5.74, 6) is -0.00741. The van der Waals surface area contributed by atoms with E-state index in [1.54, 1.807) is 6.07 Å². The first-order valence-electron chi connectivity index (χ1n) is 7.17. The Morgan fingerprint density at radius 1 is 1.52 bits per heavy atom. The van der Waals surface area contributed by atoms with Crippen molar-refractivity contribution in [3.8, 4) is 0 Å². The Balaban J connectivity index is 1.88. The van der Waals surface area contributed by atoms with Crippen molar-refractivity contribution in [3.63, 3.8) is 0 Å². The average Bonchev–Trinajstić information content (AvgIpc) is 2.90. The lowest BCUT2D eigenvalue weighted by Crippen LogP contribution is -2.50. The maximum absolute atomic E-state index is 12.1. The molecule has 0 aromatic carbocycles. The molecule has 2 rings (SSSR count). The second kappa shape index (κ2) is 7.68. The molecular formula is C15H21NO4S. The Labute approximate surface area is 128 Å². The molecule has 6 heteroatoms. The molecule has 0 bridgehead atoms. The van der Waals surface area contributed by atoms with Crippen LogP contribution in [-0.4, -0.2) is 43.7 Å². The van der Waals surface area contributed by atoms with Gasteiger partial charge in [0.25, 0.3) is 0 Å². The van der Waals surface area contributed by atoms with Crippen molar-refractivity contribution in [2.24, 2.45) is 0 Å². The highest BCUT2D eigenvalue weighted by Crippen LogP contribution is 2.16. The summed E-state index contributed by atoms with van der Waals surface area (Å²) < 4.78 is 11.0. The minimum atomic E-state index is -0.0806. The summed E-state index contributed by atoms with van der Waals surface area (Å²) in [6, 6.07) is 1.79. The van der Waals surface area contributed by atoms with Crippen molar-refractivity contribution in [3.05, 3.63) is 21.9 Å². The van der Waals surface area contributed by atoms with E-state index in [9.17, 15) is 9.59 Å². The summed E-state index contributed by atoms with van der Waals surface area (Å²) >= 11 is 1.38. The normalized spacial score (nSPS) is 22.0. The molecule has 1 N–H and O–H groups in total. The van der Waals surface area contributed by atoms with Crippen LogP contribution in [-0.2, 0) is 20.7 Å². The highest BCUT2D eigenvalue weighted by atomic mass is 32.1. The molecule has 116 valence electrons. The standard InChI is InChI=1S/C15H21NO4S/c1-3-20-13-8-19-5-4-12(13)16-15(18)7-11-6-14(10(2)17)21-9-11/h6,9,12-13H,3-5,7-8H2,1-2H3,(H,16,18)/t12-,13-/m1/s1. The van der Waals surface area contributed by atoms with Gasteiger partial charge in [0.15, 0.2) is 5.78 Å². The monoisotopic (exact) mass is 311 g/mol. The van der Waals surface area contributed by atoms with Gasteiger partial charge in [-0.05, 0) is 37.3 Å². The van der Waals surface area contributed by atoms with Crippen molar-refractivity contribution in [1.82, 2.24) is 5.32 Å². The Kier molecular flexibility index (Phi) is 5.90. The second-order valence-electron chi connectivity index (χ2n) is 5.08. The van der Waals surface area contributed by atoms with Crippen LogP contribution in [0.4, 0.5) is 0 Å². The van der Waals surface area contributed by atoms with E-state index in [0.29, 0.717) is 31.1 Å². The number of Topliss-reactive ketones (excluding diaryl/α,β-unsaturated/α-hetero) is 1. The molecule has 0 radical (unpaired) electrons. The molecule has 1 aliphatic heterocycles. The van der Waals surface area contributed by atoms with Gasteiger partial charge in [0.05, 0.1) is 23.9 Å². The van der Waals surface area contributed by atoms with E-state index in [0.717, 1.165) is 12.0 Å². The van der Waals surface area contributed by atoms with Gasteiger partial charge >= 0.3 is 0 Å². The van der Waals surface area contributed by atoms with E-state index >= 15 is 0 Å². The molecule has 0 spiro atoms. The number of hydrogen-bond donors (Lipinski definition) is 1. The van der Waals surface area contributed by atoms with E-state index in [1.807, 2.05) is 12.3 Å². The number of carbonyl (C=O) groups is 2. The number of nitrogens with one attached hydrogen (secondary N) is 1. The summed E-state index contributed by atoms with van der Waals surface area (Å²) in [4.78, 5) is 24.1. The van der Waals surface area contributed by atoms with Crippen LogP contribution < -0.4 is 5.32 Å². The van der Waals surface area contributed by atoms with Gasteiger partial charge < -0.3 is 14.8 Å². The molecule has 1 amide bonds. The van der Waals surface area contributed by atoms with Gasteiger partial charge in [-0.1, -0.05) is 0 Å². The molecule has 2 heterocycles. The first kappa shape index (κ1) is 16.1. The number of ether oxygens (including phenoxy) is 2. The fourth-order valence-electron chi connectivity index (χ4n) is 2.35. The zero-order valence-corrected chi connectivity index (χ0v) is 13.2. The van der Waals surface area contributed by atoms with E-state index in [4.69, 9.17) is 9.47 Å². The minimum Gasteiger partial charge on any atom is -0.379 e. The third-order valence-electron chi connectivity index (χ3n) is 3.40. The Hall–Kier alpha value is -1.24. The van der Waals surface area contributed by atoms with E-state index in [-0.39, 0.29) is 23.8 Å². The maximum Gasteiger partial charge on any atom is 0.224 e. The van der Waals surface area contributed by atoms with Crippen molar-refractivity contribution in [2.75, 3.05) is 19.8 Å². The van der Waals surface area contributed by atoms with Crippen LogP contribution in [0.25, 0.3) is 0 Å². The van der Waals surface area contributed by atoms with Crippen molar-refractivity contribution in [1.29, 1.82) is 0 Å². The number of carbonyl (C=O) groups excluding carboxylic acids is 2. The Morgan fingerprint density at radius 3 is 3.00 bits per heavy atom. The number of amides is 1. The fourth-order valence-corrected chi connectivity index (χ4v) is 3.17. The van der Waals surface area contributed by atoms with Gasteiger partial charge in [0.1, 0.15) is 6.10 Å². The van der Waals surface area contributed by atoms with E-state index in [1.165, 1.54) is 18.3 Å². The quantitative estimate of drug-likeness (QED) is 0.814. The maximum atomic E-state index is 12.1. The summed E-state index contributed by atoms with van der Waals surface area (Å²) in [5, 5.41) is 4.88. The van der Waals surface area contributed by atoms with Crippen molar-refractivity contribution >= 4 is 23.0 Å². The minimum absolute atomic E-state index is 0.00267. The molecule has 1 aromatic rings. The molecule has 1 aliphatic rings.